The summed E-state index contributed by atoms with van der Waals surface area (Å²) in [6, 6.07) is 3.24. The number of fused-ring (bicyclic) bond motifs is 1. The standard InChI is InChI=1S/C31H43F2NO13S/c1-15(2)45-28(38)43-13-41-25(36)22-21-23(22)31(34-27(40-8)47-30(5,6)7,26(37)42-14-44-29(39)46-16(3)4)18(24(21)35)12-48-17-9-10-19(32)20(33)11-17/h9-11,15-16,18,21-24,27,34-35H,12-14H2,1-8H3/t18-,21+,22+,23+,24-,27?,31+/m1/s1. The number of hydrogen-bond donors (Lipinski definition) is 2. The highest BCUT2D eigenvalue weighted by molar-refractivity contribution is 7.99. The largest absolute Gasteiger partial charge is 0.511 e. The van der Waals surface area contributed by atoms with Crippen molar-refractivity contribution in [2.45, 2.75) is 89.2 Å². The molecular formula is C31H43F2NO13S. The van der Waals surface area contributed by atoms with Gasteiger partial charge in [0.1, 0.15) is 5.54 Å². The Morgan fingerprint density at radius 1 is 0.938 bits per heavy atom. The van der Waals surface area contributed by atoms with Crippen molar-refractivity contribution >= 4 is 36.0 Å². The minimum Gasteiger partial charge on any atom is -0.431 e. The smallest absolute Gasteiger partial charge is 0.431 e. The zero-order chi connectivity index (χ0) is 36.0. The first-order valence-corrected chi connectivity index (χ1v) is 16.1. The summed E-state index contributed by atoms with van der Waals surface area (Å²) in [5.74, 6) is -8.22. The molecule has 0 heterocycles. The predicted octanol–water partition coefficient (Wildman–Crippen LogP) is 4.11. The molecule has 48 heavy (non-hydrogen) atoms. The van der Waals surface area contributed by atoms with Crippen molar-refractivity contribution in [3.05, 3.63) is 29.8 Å². The van der Waals surface area contributed by atoms with Crippen LogP contribution in [0.2, 0.25) is 0 Å². The molecule has 7 atom stereocenters. The van der Waals surface area contributed by atoms with Crippen LogP contribution in [0.3, 0.4) is 0 Å². The van der Waals surface area contributed by atoms with Gasteiger partial charge in [0.25, 0.3) is 0 Å². The Labute approximate surface area is 281 Å². The molecule has 0 saturated heterocycles. The Morgan fingerprint density at radius 3 is 2.04 bits per heavy atom. The van der Waals surface area contributed by atoms with Crippen LogP contribution in [-0.4, -0.2) is 91.7 Å². The molecule has 0 aliphatic heterocycles. The highest BCUT2D eigenvalue weighted by Crippen LogP contribution is 2.66. The molecule has 3 rings (SSSR count). The number of nitrogens with one attached hydrogen (secondary N) is 1. The van der Waals surface area contributed by atoms with E-state index in [-0.39, 0.29) is 5.75 Å². The number of benzene rings is 1. The number of methoxy groups -OCH3 is 1. The van der Waals surface area contributed by atoms with Crippen LogP contribution in [0.25, 0.3) is 0 Å². The van der Waals surface area contributed by atoms with Crippen molar-refractivity contribution in [1.82, 2.24) is 5.32 Å². The topological polar surface area (TPSA) is 174 Å². The lowest BCUT2D eigenvalue weighted by Gasteiger charge is -2.41. The number of aliphatic hydroxyl groups excluding tert-OH is 1. The Morgan fingerprint density at radius 2 is 1.52 bits per heavy atom. The zero-order valence-corrected chi connectivity index (χ0v) is 28.8. The molecule has 1 unspecified atom stereocenters. The quantitative estimate of drug-likeness (QED) is 0.115. The van der Waals surface area contributed by atoms with Gasteiger partial charge >= 0.3 is 24.2 Å². The lowest BCUT2D eigenvalue weighted by molar-refractivity contribution is -0.219. The van der Waals surface area contributed by atoms with Crippen LogP contribution in [0, 0.1) is 35.3 Å². The van der Waals surface area contributed by atoms with Gasteiger partial charge in [-0.15, -0.1) is 11.8 Å². The second-order valence-corrected chi connectivity index (χ2v) is 13.8. The summed E-state index contributed by atoms with van der Waals surface area (Å²) in [5, 5.41) is 14.6. The van der Waals surface area contributed by atoms with Crippen LogP contribution in [0.4, 0.5) is 18.4 Å². The van der Waals surface area contributed by atoms with Gasteiger partial charge in [-0.05, 0) is 66.7 Å². The number of aliphatic hydroxyl groups is 1. The third kappa shape index (κ3) is 9.90. The molecule has 0 bridgehead atoms. The summed E-state index contributed by atoms with van der Waals surface area (Å²) < 4.78 is 69.0. The van der Waals surface area contributed by atoms with E-state index >= 15 is 0 Å². The van der Waals surface area contributed by atoms with E-state index in [0.717, 1.165) is 23.9 Å². The predicted molar refractivity (Wildman–Crippen MR) is 162 cm³/mol. The van der Waals surface area contributed by atoms with Gasteiger partial charge in [-0.1, -0.05) is 0 Å². The van der Waals surface area contributed by atoms with E-state index in [4.69, 9.17) is 37.9 Å². The molecule has 1 aromatic rings. The first kappa shape index (κ1) is 39.2. The molecule has 2 aliphatic rings. The van der Waals surface area contributed by atoms with Gasteiger partial charge in [0.05, 0.1) is 29.8 Å². The van der Waals surface area contributed by atoms with Crippen LogP contribution >= 0.6 is 11.8 Å². The number of hydrogen-bond acceptors (Lipinski definition) is 15. The van der Waals surface area contributed by atoms with E-state index in [0.29, 0.717) is 4.90 Å². The van der Waals surface area contributed by atoms with Crippen LogP contribution in [0.1, 0.15) is 48.5 Å². The molecule has 1 aromatic carbocycles. The summed E-state index contributed by atoms with van der Waals surface area (Å²) in [4.78, 5) is 51.4. The molecule has 0 amide bonds. The molecule has 17 heteroatoms. The minimum absolute atomic E-state index is 0.0739. The fraction of sp³-hybridized carbons (Fsp3) is 0.677. The lowest BCUT2D eigenvalue weighted by atomic mass is 9.80. The molecule has 2 fully saturated rings. The van der Waals surface area contributed by atoms with Gasteiger partial charge in [-0.3, -0.25) is 10.1 Å². The van der Waals surface area contributed by atoms with Crippen molar-refractivity contribution in [2.75, 3.05) is 26.4 Å². The average Bonchev–Trinajstić information content (AvgIpc) is 3.67. The van der Waals surface area contributed by atoms with Crippen LogP contribution < -0.4 is 5.32 Å². The van der Waals surface area contributed by atoms with Crippen molar-refractivity contribution < 1.29 is 71.0 Å². The summed E-state index contributed by atoms with van der Waals surface area (Å²) in [6.07, 6.45) is -5.85. The lowest BCUT2D eigenvalue weighted by Crippen LogP contribution is -2.65. The van der Waals surface area contributed by atoms with Gasteiger partial charge in [-0.25, -0.2) is 23.2 Å². The molecule has 2 saturated carbocycles. The molecule has 0 radical (unpaired) electrons. The molecule has 270 valence electrons. The number of carbonyl (C=O) groups excluding carboxylic acids is 4. The monoisotopic (exact) mass is 707 g/mol. The Bertz CT molecular complexity index is 1310. The number of thioether (sulfide) groups is 1. The molecular weight excluding hydrogens is 664 g/mol. The third-order valence-electron chi connectivity index (χ3n) is 7.36. The normalized spacial score (nSPS) is 25.2. The van der Waals surface area contributed by atoms with E-state index in [1.165, 1.54) is 13.2 Å². The van der Waals surface area contributed by atoms with Crippen LogP contribution in [0.5, 0.6) is 0 Å². The van der Waals surface area contributed by atoms with Crippen molar-refractivity contribution in [3.8, 4) is 0 Å². The zero-order valence-electron chi connectivity index (χ0n) is 28.0. The fourth-order valence-electron chi connectivity index (χ4n) is 5.55. The van der Waals surface area contributed by atoms with Gasteiger partial charge in [0, 0.05) is 35.5 Å². The van der Waals surface area contributed by atoms with E-state index in [1.807, 2.05) is 0 Å². The molecule has 14 nitrogen and oxygen atoms in total. The van der Waals surface area contributed by atoms with Gasteiger partial charge in [0.15, 0.2) is 11.6 Å². The van der Waals surface area contributed by atoms with Gasteiger partial charge in [0.2, 0.25) is 20.0 Å². The Balaban J connectivity index is 1.96. The Kier molecular flexibility index (Phi) is 13.4. The number of carbonyl (C=O) groups is 4. The molecule has 2 N–H and O–H groups in total. The summed E-state index contributed by atoms with van der Waals surface area (Å²) in [7, 11) is 1.30. The van der Waals surface area contributed by atoms with Crippen molar-refractivity contribution in [2.24, 2.45) is 23.7 Å². The first-order valence-electron chi connectivity index (χ1n) is 15.2. The van der Waals surface area contributed by atoms with E-state index < -0.39 is 109 Å². The second-order valence-electron chi connectivity index (χ2n) is 12.7. The van der Waals surface area contributed by atoms with Crippen molar-refractivity contribution in [3.63, 3.8) is 0 Å². The SMILES string of the molecule is COC(N[C@]1(C(=O)OCOC(=O)OC(C)C)[C@@H]2[C@@H](C(=O)OCOC(=O)OC(C)C)[C@@H]2[C@H](O)[C@H]1CSc1ccc(F)c(F)c1)OC(C)(C)C. The Hall–Kier alpha value is -3.25. The van der Waals surface area contributed by atoms with Gasteiger partial charge < -0.3 is 43.0 Å². The second kappa shape index (κ2) is 16.4. The maximum absolute atomic E-state index is 14.2. The number of rotatable bonds is 15. The van der Waals surface area contributed by atoms with Crippen molar-refractivity contribution in [1.29, 1.82) is 0 Å². The van der Waals surface area contributed by atoms with Crippen LogP contribution in [0.15, 0.2) is 23.1 Å². The summed E-state index contributed by atoms with van der Waals surface area (Å²) in [6.45, 7) is 9.88. The minimum atomic E-state index is -1.96. The summed E-state index contributed by atoms with van der Waals surface area (Å²) >= 11 is 1.01. The fourth-order valence-corrected chi connectivity index (χ4v) is 6.74. The number of ether oxygens (including phenoxy) is 8. The highest BCUT2D eigenvalue weighted by Gasteiger charge is 2.79. The molecule has 0 aromatic heterocycles. The first-order chi connectivity index (χ1) is 22.4. The maximum atomic E-state index is 14.2. The summed E-state index contributed by atoms with van der Waals surface area (Å²) in [5.41, 5.74) is -2.78. The third-order valence-corrected chi connectivity index (χ3v) is 8.48. The highest BCUT2D eigenvalue weighted by atomic mass is 32.2. The number of halogens is 2. The van der Waals surface area contributed by atoms with E-state index in [9.17, 15) is 33.1 Å². The molecule has 0 spiro atoms. The number of esters is 2. The van der Waals surface area contributed by atoms with E-state index in [2.05, 4.69) is 5.32 Å². The average molecular weight is 708 g/mol. The van der Waals surface area contributed by atoms with Gasteiger partial charge in [-0.2, -0.15) is 0 Å². The van der Waals surface area contributed by atoms with Crippen LogP contribution in [-0.2, 0) is 47.5 Å². The molecule has 2 aliphatic carbocycles. The van der Waals surface area contributed by atoms with E-state index in [1.54, 1.807) is 48.5 Å². The maximum Gasteiger partial charge on any atom is 0.511 e.